The standard InChI is InChI=1S/C24H28N4O2S/c1-17(2)22(29)10-9-20-15-21-23(31-20)24(30)28(16-25-21)19-7-5-18(6-8-19)27-12-4-11-26(3)13-14-27/h5-8,15-17,22,29H,4,11-14H2,1-3H3. The average Bonchev–Trinajstić information content (AvgIpc) is 3.07. The van der Waals surface area contributed by atoms with Crippen LogP contribution in [0.1, 0.15) is 25.1 Å². The summed E-state index contributed by atoms with van der Waals surface area (Å²) >= 11 is 1.32. The Balaban J connectivity index is 1.59. The zero-order valence-corrected chi connectivity index (χ0v) is 19.0. The second kappa shape index (κ2) is 9.23. The summed E-state index contributed by atoms with van der Waals surface area (Å²) in [5, 5.41) is 9.90. The first-order valence-corrected chi connectivity index (χ1v) is 11.5. The van der Waals surface area contributed by atoms with Crippen LogP contribution < -0.4 is 10.5 Å². The van der Waals surface area contributed by atoms with Crippen LogP contribution in [0.5, 0.6) is 0 Å². The van der Waals surface area contributed by atoms with E-state index in [1.54, 1.807) is 10.9 Å². The predicted octanol–water partition coefficient (Wildman–Crippen LogP) is 2.96. The minimum atomic E-state index is -0.682. The molecule has 6 nitrogen and oxygen atoms in total. The predicted molar refractivity (Wildman–Crippen MR) is 127 cm³/mol. The van der Waals surface area contributed by atoms with Crippen LogP contribution in [0.4, 0.5) is 5.69 Å². The Morgan fingerprint density at radius 2 is 1.84 bits per heavy atom. The number of hydrogen-bond donors (Lipinski definition) is 1. The summed E-state index contributed by atoms with van der Waals surface area (Å²) in [7, 11) is 2.16. The Morgan fingerprint density at radius 3 is 2.58 bits per heavy atom. The first-order chi connectivity index (χ1) is 14.9. The summed E-state index contributed by atoms with van der Waals surface area (Å²) < 4.78 is 2.16. The first kappa shape index (κ1) is 21.6. The molecule has 0 amide bonds. The molecular weight excluding hydrogens is 408 g/mol. The molecule has 1 N–H and O–H groups in total. The summed E-state index contributed by atoms with van der Waals surface area (Å²) in [6.45, 7) is 8.07. The van der Waals surface area contributed by atoms with Gasteiger partial charge in [0.05, 0.1) is 16.1 Å². The van der Waals surface area contributed by atoms with Crippen molar-refractivity contribution in [2.45, 2.75) is 26.4 Å². The van der Waals surface area contributed by atoms with Crippen molar-refractivity contribution in [2.24, 2.45) is 5.92 Å². The van der Waals surface area contributed by atoms with Crippen molar-refractivity contribution < 1.29 is 5.11 Å². The van der Waals surface area contributed by atoms with Crippen molar-refractivity contribution in [1.82, 2.24) is 14.5 Å². The zero-order valence-electron chi connectivity index (χ0n) is 18.2. The maximum atomic E-state index is 13.1. The van der Waals surface area contributed by atoms with E-state index in [0.717, 1.165) is 43.2 Å². The molecule has 7 heteroatoms. The fourth-order valence-corrected chi connectivity index (χ4v) is 4.50. The minimum absolute atomic E-state index is 0.0652. The van der Waals surface area contributed by atoms with Gasteiger partial charge in [-0.3, -0.25) is 9.36 Å². The molecule has 31 heavy (non-hydrogen) atoms. The molecule has 1 aliphatic heterocycles. The second-order valence-electron chi connectivity index (χ2n) is 8.36. The number of rotatable bonds is 3. The van der Waals surface area contributed by atoms with Gasteiger partial charge in [0, 0.05) is 25.3 Å². The second-order valence-corrected chi connectivity index (χ2v) is 9.42. The summed E-state index contributed by atoms with van der Waals surface area (Å²) in [5.41, 5.74) is 2.52. The number of thiophene rings is 1. The van der Waals surface area contributed by atoms with Crippen LogP contribution in [-0.4, -0.2) is 58.9 Å². The number of likely N-dealkylation sites (N-methyl/N-ethyl adjacent to an activating group) is 1. The molecule has 3 heterocycles. The van der Waals surface area contributed by atoms with Gasteiger partial charge in [0.25, 0.3) is 5.56 Å². The molecule has 1 unspecified atom stereocenters. The lowest BCUT2D eigenvalue weighted by Gasteiger charge is -2.23. The smallest absolute Gasteiger partial charge is 0.275 e. The Hall–Kier alpha value is -2.66. The van der Waals surface area contributed by atoms with Crippen molar-refractivity contribution in [2.75, 3.05) is 38.1 Å². The maximum Gasteiger partial charge on any atom is 0.275 e. The van der Waals surface area contributed by atoms with Gasteiger partial charge in [-0.05, 0) is 56.3 Å². The largest absolute Gasteiger partial charge is 0.380 e. The van der Waals surface area contributed by atoms with E-state index in [2.05, 4.69) is 45.8 Å². The van der Waals surface area contributed by atoms with E-state index in [0.29, 0.717) is 10.2 Å². The van der Waals surface area contributed by atoms with Gasteiger partial charge < -0.3 is 14.9 Å². The van der Waals surface area contributed by atoms with E-state index in [1.165, 1.54) is 17.0 Å². The van der Waals surface area contributed by atoms with Gasteiger partial charge in [0.1, 0.15) is 17.1 Å². The topological polar surface area (TPSA) is 61.6 Å². The maximum absolute atomic E-state index is 13.1. The number of benzene rings is 1. The lowest BCUT2D eigenvalue weighted by molar-refractivity contribution is 0.181. The van der Waals surface area contributed by atoms with Crippen LogP contribution in [-0.2, 0) is 0 Å². The number of hydrogen-bond acceptors (Lipinski definition) is 6. The summed E-state index contributed by atoms with van der Waals surface area (Å²) in [6, 6.07) is 9.93. The third-order valence-electron chi connectivity index (χ3n) is 5.63. The fourth-order valence-electron chi connectivity index (χ4n) is 3.60. The molecule has 0 saturated carbocycles. The normalized spacial score (nSPS) is 16.2. The van der Waals surface area contributed by atoms with Crippen LogP contribution in [0.2, 0.25) is 0 Å². The highest BCUT2D eigenvalue weighted by Crippen LogP contribution is 2.22. The zero-order chi connectivity index (χ0) is 22.0. The molecule has 1 atom stereocenters. The van der Waals surface area contributed by atoms with E-state index in [4.69, 9.17) is 0 Å². The van der Waals surface area contributed by atoms with E-state index in [-0.39, 0.29) is 11.5 Å². The SMILES string of the molecule is CC(C)C(O)C#Cc1cc2ncn(-c3ccc(N4CCCN(C)CC4)cc3)c(=O)c2s1. The quantitative estimate of drug-likeness (QED) is 0.640. The highest BCUT2D eigenvalue weighted by atomic mass is 32.1. The molecule has 3 aromatic rings. The van der Waals surface area contributed by atoms with E-state index < -0.39 is 6.10 Å². The molecule has 0 bridgehead atoms. The number of aliphatic hydroxyl groups excluding tert-OH is 1. The molecular formula is C24H28N4O2S. The molecule has 0 aliphatic carbocycles. The van der Waals surface area contributed by atoms with Gasteiger partial charge in [-0.1, -0.05) is 25.7 Å². The lowest BCUT2D eigenvalue weighted by Crippen LogP contribution is -2.28. The van der Waals surface area contributed by atoms with Crippen LogP contribution in [0.3, 0.4) is 0 Å². The van der Waals surface area contributed by atoms with Crippen molar-refractivity contribution in [3.63, 3.8) is 0 Å². The molecule has 0 spiro atoms. The number of nitrogens with zero attached hydrogens (tertiary/aromatic N) is 4. The van der Waals surface area contributed by atoms with E-state index in [9.17, 15) is 9.90 Å². The molecule has 2 aromatic heterocycles. The van der Waals surface area contributed by atoms with Crippen molar-refractivity contribution in [3.05, 3.63) is 51.9 Å². The number of anilines is 1. The molecule has 1 fully saturated rings. The van der Waals surface area contributed by atoms with Crippen LogP contribution in [0, 0.1) is 17.8 Å². The fraction of sp³-hybridized carbons (Fsp3) is 0.417. The van der Waals surface area contributed by atoms with Gasteiger partial charge in [-0.2, -0.15) is 0 Å². The van der Waals surface area contributed by atoms with Gasteiger partial charge in [0.2, 0.25) is 0 Å². The molecule has 162 valence electrons. The van der Waals surface area contributed by atoms with E-state index >= 15 is 0 Å². The highest BCUT2D eigenvalue weighted by Gasteiger charge is 2.14. The van der Waals surface area contributed by atoms with Gasteiger partial charge >= 0.3 is 0 Å². The molecule has 1 aromatic carbocycles. The first-order valence-electron chi connectivity index (χ1n) is 10.7. The molecule has 1 saturated heterocycles. The summed E-state index contributed by atoms with van der Waals surface area (Å²) in [5.74, 6) is 5.88. The van der Waals surface area contributed by atoms with Crippen molar-refractivity contribution >= 4 is 27.2 Å². The van der Waals surface area contributed by atoms with Crippen molar-refractivity contribution in [3.8, 4) is 17.5 Å². The number of aromatic nitrogens is 2. The Kier molecular flexibility index (Phi) is 6.42. The molecule has 1 aliphatic rings. The number of fused-ring (bicyclic) bond motifs is 1. The average molecular weight is 437 g/mol. The highest BCUT2D eigenvalue weighted by molar-refractivity contribution is 7.19. The molecule has 4 rings (SSSR count). The van der Waals surface area contributed by atoms with Crippen LogP contribution >= 0.6 is 11.3 Å². The Morgan fingerprint density at radius 1 is 1.10 bits per heavy atom. The minimum Gasteiger partial charge on any atom is -0.380 e. The Bertz CT molecular complexity index is 1170. The summed E-state index contributed by atoms with van der Waals surface area (Å²) in [4.78, 5) is 23.0. The van der Waals surface area contributed by atoms with Crippen LogP contribution in [0.25, 0.3) is 15.9 Å². The monoisotopic (exact) mass is 436 g/mol. The van der Waals surface area contributed by atoms with E-state index in [1.807, 2.05) is 32.0 Å². The third-order valence-corrected chi connectivity index (χ3v) is 6.65. The number of aliphatic hydroxyl groups is 1. The summed E-state index contributed by atoms with van der Waals surface area (Å²) in [6.07, 6.45) is 2.04. The van der Waals surface area contributed by atoms with Crippen molar-refractivity contribution in [1.29, 1.82) is 0 Å². The van der Waals surface area contributed by atoms with Crippen LogP contribution in [0.15, 0.2) is 41.5 Å². The molecule has 0 radical (unpaired) electrons. The lowest BCUT2D eigenvalue weighted by atomic mass is 10.1. The Labute approximate surface area is 186 Å². The van der Waals surface area contributed by atoms with Gasteiger partial charge in [-0.25, -0.2) is 4.98 Å². The van der Waals surface area contributed by atoms with Gasteiger partial charge in [-0.15, -0.1) is 11.3 Å². The van der Waals surface area contributed by atoms with Gasteiger partial charge in [0.15, 0.2) is 0 Å². The third kappa shape index (κ3) is 4.82.